The van der Waals surface area contributed by atoms with Crippen LogP contribution in [0.4, 0.5) is 13.2 Å². The van der Waals surface area contributed by atoms with Crippen LogP contribution in [0.15, 0.2) is 24.3 Å². The molecule has 0 spiro atoms. The predicted octanol–water partition coefficient (Wildman–Crippen LogP) is 3.60. The van der Waals surface area contributed by atoms with Crippen molar-refractivity contribution >= 4 is 23.9 Å². The molecular weight excluding hydrogens is 581 g/mol. The summed E-state index contributed by atoms with van der Waals surface area (Å²) in [5.74, 6) is -3.69. The smallest absolute Gasteiger partial charge is 0.433 e. The van der Waals surface area contributed by atoms with Crippen molar-refractivity contribution in [2.45, 2.75) is 90.8 Å². The molecule has 0 radical (unpaired) electrons. The number of carbonyl (C=O) groups is 4. The van der Waals surface area contributed by atoms with Gasteiger partial charge in [-0.25, -0.2) is 0 Å². The van der Waals surface area contributed by atoms with Gasteiger partial charge in [-0.05, 0) is 17.0 Å². The fourth-order valence-corrected chi connectivity index (χ4v) is 4.46. The van der Waals surface area contributed by atoms with Crippen molar-refractivity contribution in [3.63, 3.8) is 0 Å². The highest BCUT2D eigenvalue weighted by Gasteiger charge is 2.54. The van der Waals surface area contributed by atoms with E-state index in [0.717, 1.165) is 33.3 Å². The van der Waals surface area contributed by atoms with Crippen molar-refractivity contribution in [2.24, 2.45) is 0 Å². The van der Waals surface area contributed by atoms with E-state index in [4.69, 9.17) is 28.4 Å². The number of carbonyl (C=O) groups excluding carboxylic acids is 4. The second-order valence-electron chi connectivity index (χ2n) is 10.1. The Bertz CT molecular complexity index is 1310. The minimum Gasteiger partial charge on any atom is -0.463 e. The number of H-pyrrole nitrogens is 1. The Kier molecular flexibility index (Phi) is 10.8. The molecule has 3 rings (SSSR count). The van der Waals surface area contributed by atoms with Gasteiger partial charge in [0.1, 0.15) is 18.4 Å². The van der Waals surface area contributed by atoms with Crippen molar-refractivity contribution in [3.05, 3.63) is 46.6 Å². The minimum absolute atomic E-state index is 0.204. The molecule has 43 heavy (non-hydrogen) atoms. The highest BCUT2D eigenvalue weighted by atomic mass is 19.4. The molecular formula is C28H33F3N2O10. The van der Waals surface area contributed by atoms with Gasteiger partial charge in [0.15, 0.2) is 12.2 Å². The highest BCUT2D eigenvalue weighted by Crippen LogP contribution is 2.38. The zero-order chi connectivity index (χ0) is 32.1. The fourth-order valence-electron chi connectivity index (χ4n) is 4.46. The molecule has 1 N–H and O–H groups in total. The van der Waals surface area contributed by atoms with Crippen LogP contribution in [0, 0.1) is 0 Å². The summed E-state index contributed by atoms with van der Waals surface area (Å²) in [6.07, 6.45) is -12.9. The Hall–Kier alpha value is -4.14. The van der Waals surface area contributed by atoms with E-state index in [2.05, 4.69) is 5.10 Å². The Labute approximate surface area is 245 Å². The first kappa shape index (κ1) is 33.4. The quantitative estimate of drug-likeness (QED) is 0.309. The summed E-state index contributed by atoms with van der Waals surface area (Å²) in [7, 11) is 0. The van der Waals surface area contributed by atoms with Crippen LogP contribution in [0.3, 0.4) is 0 Å². The number of hydrogen-bond donors (Lipinski definition) is 1. The maximum Gasteiger partial charge on any atom is 0.433 e. The molecule has 2 heterocycles. The summed E-state index contributed by atoms with van der Waals surface area (Å²) < 4.78 is 74.6. The van der Waals surface area contributed by atoms with Crippen LogP contribution in [0.2, 0.25) is 0 Å². The first-order valence-corrected chi connectivity index (χ1v) is 13.3. The van der Waals surface area contributed by atoms with Crippen LogP contribution in [0.25, 0.3) is 0 Å². The third-order valence-electron chi connectivity index (χ3n) is 6.32. The first-order chi connectivity index (χ1) is 20.1. The Morgan fingerprint density at radius 2 is 1.44 bits per heavy atom. The molecule has 5 atom stereocenters. The molecule has 1 fully saturated rings. The Morgan fingerprint density at radius 3 is 1.95 bits per heavy atom. The van der Waals surface area contributed by atoms with Crippen molar-refractivity contribution in [3.8, 4) is 5.88 Å². The van der Waals surface area contributed by atoms with E-state index >= 15 is 0 Å². The number of aromatic amines is 1. The number of alkyl halides is 3. The third kappa shape index (κ3) is 8.92. The summed E-state index contributed by atoms with van der Waals surface area (Å²) >= 11 is 0. The van der Waals surface area contributed by atoms with Gasteiger partial charge in [-0.1, -0.05) is 38.1 Å². The van der Waals surface area contributed by atoms with E-state index in [1.807, 2.05) is 18.9 Å². The fraction of sp³-hybridized carbons (Fsp3) is 0.536. The molecule has 2 aromatic rings. The second kappa shape index (κ2) is 13.9. The number of hydrogen-bond acceptors (Lipinski definition) is 11. The molecule has 0 saturated carbocycles. The van der Waals surface area contributed by atoms with Gasteiger partial charge in [-0.2, -0.15) is 13.2 Å². The SMILES string of the molecule is CC(=O)OC[C@H]1OC(Oc2n[nH]c(C(F)(F)F)c2Cc2ccc(C(C)C)cc2)[C@H](OC(C)=O)[C@@H](OC(C)=O)[C@@H]1OC(C)=O. The molecule has 236 valence electrons. The number of esters is 4. The topological polar surface area (TPSA) is 152 Å². The summed E-state index contributed by atoms with van der Waals surface area (Å²) in [6, 6.07) is 6.96. The molecule has 0 aliphatic carbocycles. The summed E-state index contributed by atoms with van der Waals surface area (Å²) in [5, 5.41) is 5.67. The number of nitrogens with zero attached hydrogens (tertiary/aromatic N) is 1. The van der Waals surface area contributed by atoms with E-state index in [0.29, 0.717) is 5.56 Å². The van der Waals surface area contributed by atoms with Crippen LogP contribution in [-0.2, 0) is 55.5 Å². The zero-order valence-corrected chi connectivity index (χ0v) is 24.4. The Morgan fingerprint density at radius 1 is 0.884 bits per heavy atom. The summed E-state index contributed by atoms with van der Waals surface area (Å²) in [5.41, 5.74) is -0.0534. The minimum atomic E-state index is -4.84. The number of rotatable bonds is 10. The van der Waals surface area contributed by atoms with Gasteiger partial charge in [0.25, 0.3) is 0 Å². The average molecular weight is 615 g/mol. The maximum absolute atomic E-state index is 14.0. The van der Waals surface area contributed by atoms with Gasteiger partial charge in [-0.15, -0.1) is 5.10 Å². The number of benzene rings is 1. The largest absolute Gasteiger partial charge is 0.463 e. The Balaban J connectivity index is 2.07. The molecule has 1 saturated heterocycles. The van der Waals surface area contributed by atoms with Crippen molar-refractivity contribution in [1.82, 2.24) is 10.2 Å². The van der Waals surface area contributed by atoms with Crippen molar-refractivity contribution in [1.29, 1.82) is 0 Å². The molecule has 0 bridgehead atoms. The van der Waals surface area contributed by atoms with Gasteiger partial charge in [-0.3, -0.25) is 24.3 Å². The lowest BCUT2D eigenvalue weighted by Crippen LogP contribution is -2.63. The van der Waals surface area contributed by atoms with Crippen LogP contribution < -0.4 is 4.74 Å². The number of ether oxygens (including phenoxy) is 6. The van der Waals surface area contributed by atoms with Gasteiger partial charge >= 0.3 is 30.1 Å². The van der Waals surface area contributed by atoms with Crippen LogP contribution in [-0.4, -0.2) is 71.4 Å². The second-order valence-corrected chi connectivity index (χ2v) is 10.1. The van der Waals surface area contributed by atoms with E-state index in [1.165, 1.54) is 0 Å². The first-order valence-electron chi connectivity index (χ1n) is 13.3. The van der Waals surface area contributed by atoms with E-state index in [9.17, 15) is 32.3 Å². The molecule has 1 unspecified atom stereocenters. The zero-order valence-electron chi connectivity index (χ0n) is 24.4. The number of aromatic nitrogens is 2. The number of halogens is 3. The van der Waals surface area contributed by atoms with Crippen LogP contribution >= 0.6 is 0 Å². The standard InChI is InChI=1S/C28H33F3N2O10/c1-13(2)19-9-7-18(8-10-19)11-20-25(28(29,30)31)32-33-26(20)43-27-24(41-17(6)37)23(40-16(5)36)22(39-15(4)35)21(42-27)12-38-14(3)34/h7-10,13,21-24,27H,11-12H2,1-6H3,(H,32,33)/t21-,22-,23+,24-,27?/m1/s1. The lowest BCUT2D eigenvalue weighted by Gasteiger charge is -2.43. The molecule has 15 heteroatoms. The summed E-state index contributed by atoms with van der Waals surface area (Å²) in [6.45, 7) is 7.63. The van der Waals surface area contributed by atoms with Crippen molar-refractivity contribution in [2.75, 3.05) is 6.61 Å². The van der Waals surface area contributed by atoms with E-state index in [-0.39, 0.29) is 17.9 Å². The van der Waals surface area contributed by atoms with Gasteiger partial charge in [0.05, 0.1) is 5.56 Å². The average Bonchev–Trinajstić information content (AvgIpc) is 3.28. The molecule has 1 aromatic heterocycles. The normalized spacial score (nSPS) is 22.0. The summed E-state index contributed by atoms with van der Waals surface area (Å²) in [4.78, 5) is 47.6. The molecule has 12 nitrogen and oxygen atoms in total. The maximum atomic E-state index is 14.0. The molecule has 1 aliphatic heterocycles. The third-order valence-corrected chi connectivity index (χ3v) is 6.32. The van der Waals surface area contributed by atoms with Gasteiger partial charge in [0.2, 0.25) is 18.3 Å². The highest BCUT2D eigenvalue weighted by molar-refractivity contribution is 5.68. The van der Waals surface area contributed by atoms with Crippen molar-refractivity contribution < 1.29 is 60.8 Å². The van der Waals surface area contributed by atoms with Crippen LogP contribution in [0.5, 0.6) is 5.88 Å². The van der Waals surface area contributed by atoms with Gasteiger partial charge < -0.3 is 28.4 Å². The predicted molar refractivity (Wildman–Crippen MR) is 140 cm³/mol. The molecule has 1 aromatic carbocycles. The molecule has 0 amide bonds. The lowest BCUT2D eigenvalue weighted by molar-refractivity contribution is -0.289. The van der Waals surface area contributed by atoms with Crippen LogP contribution in [0.1, 0.15) is 69.8 Å². The number of nitrogens with one attached hydrogen (secondary N) is 1. The van der Waals surface area contributed by atoms with E-state index in [1.54, 1.807) is 24.3 Å². The van der Waals surface area contributed by atoms with E-state index < -0.39 is 78.9 Å². The van der Waals surface area contributed by atoms with Gasteiger partial charge in [0, 0.05) is 34.1 Å². The molecule has 1 aliphatic rings. The monoisotopic (exact) mass is 614 g/mol. The lowest BCUT2D eigenvalue weighted by atomic mass is 9.97.